The summed E-state index contributed by atoms with van der Waals surface area (Å²) >= 11 is 0. The molecule has 0 atom stereocenters. The van der Waals surface area contributed by atoms with E-state index in [9.17, 15) is 14.4 Å². The highest BCUT2D eigenvalue weighted by Gasteiger charge is 2.21. The third-order valence-corrected chi connectivity index (χ3v) is 4.46. The van der Waals surface area contributed by atoms with Crippen LogP contribution < -0.4 is 26.5 Å². The molecule has 0 saturated heterocycles. The maximum atomic E-state index is 12.6. The first kappa shape index (κ1) is 18.7. The zero-order valence-corrected chi connectivity index (χ0v) is 15.5. The number of aromatic nitrogens is 2. The van der Waals surface area contributed by atoms with E-state index in [1.807, 2.05) is 18.2 Å². The van der Waals surface area contributed by atoms with Gasteiger partial charge in [-0.2, -0.15) is 0 Å². The number of rotatable bonds is 5. The van der Waals surface area contributed by atoms with Crippen molar-refractivity contribution in [3.05, 3.63) is 50.2 Å². The molecule has 0 bridgehead atoms. The number of carbonyl (C=O) groups is 1. The average Bonchev–Trinajstić information content (AvgIpc) is 2.64. The highest BCUT2D eigenvalue weighted by atomic mass is 16.6. The largest absolute Gasteiger partial charge is 0.486 e. The summed E-state index contributed by atoms with van der Waals surface area (Å²) in [5.74, 6) is 0.810. The molecule has 3 rings (SSSR count). The van der Waals surface area contributed by atoms with Crippen molar-refractivity contribution in [3.8, 4) is 11.5 Å². The smallest absolute Gasteiger partial charge is 0.332 e. The summed E-state index contributed by atoms with van der Waals surface area (Å²) in [5.41, 5.74) is 5.35. The van der Waals surface area contributed by atoms with E-state index >= 15 is 0 Å². The number of likely N-dealkylation sites (N-methyl/N-ethyl adjacent to an activating group) is 1. The summed E-state index contributed by atoms with van der Waals surface area (Å²) in [6, 6.07) is 5.60. The molecule has 1 aromatic heterocycles. The van der Waals surface area contributed by atoms with Crippen LogP contribution in [0.15, 0.2) is 27.8 Å². The summed E-state index contributed by atoms with van der Waals surface area (Å²) in [4.78, 5) is 38.6. The van der Waals surface area contributed by atoms with E-state index in [1.165, 1.54) is 14.1 Å². The zero-order chi connectivity index (χ0) is 19.7. The van der Waals surface area contributed by atoms with Gasteiger partial charge in [0.2, 0.25) is 0 Å². The van der Waals surface area contributed by atoms with E-state index in [0.29, 0.717) is 31.3 Å². The van der Waals surface area contributed by atoms with Gasteiger partial charge in [-0.15, -0.1) is 0 Å². The van der Waals surface area contributed by atoms with E-state index in [-0.39, 0.29) is 17.9 Å². The molecule has 0 unspecified atom stereocenters. The fourth-order valence-corrected chi connectivity index (χ4v) is 3.00. The number of nitrogens with zero attached hydrogens (tertiary/aromatic N) is 3. The molecule has 0 aliphatic carbocycles. The Hall–Kier alpha value is -3.07. The predicted molar refractivity (Wildman–Crippen MR) is 99.4 cm³/mol. The molecule has 9 heteroatoms. The van der Waals surface area contributed by atoms with Gasteiger partial charge in [0.25, 0.3) is 5.56 Å². The number of ether oxygens (including phenoxy) is 2. The summed E-state index contributed by atoms with van der Waals surface area (Å²) < 4.78 is 13.0. The SMILES string of the molecule is CN(CC(=O)c1c(N)n(C)c(=O)n(C)c1=O)Cc1ccc2c(c1)OCCO2. The standard InChI is InChI=1S/C18H22N4O5/c1-20(9-11-4-5-13-14(8-11)27-7-6-26-13)10-12(23)15-16(19)21(2)18(25)22(3)17(15)24/h4-5,8H,6-7,9-10,19H2,1-3H3. The van der Waals surface area contributed by atoms with Crippen molar-refractivity contribution >= 4 is 11.6 Å². The average molecular weight is 374 g/mol. The number of ketones is 1. The van der Waals surface area contributed by atoms with E-state index in [4.69, 9.17) is 15.2 Å². The second kappa shape index (κ2) is 7.28. The highest BCUT2D eigenvalue weighted by molar-refractivity contribution is 6.01. The lowest BCUT2D eigenvalue weighted by molar-refractivity contribution is 0.0941. The molecular weight excluding hydrogens is 352 g/mol. The topological polar surface area (TPSA) is 109 Å². The Labute approximate surface area is 155 Å². The number of nitrogens with two attached hydrogens (primary N) is 1. The molecule has 2 heterocycles. The second-order valence-electron chi connectivity index (χ2n) is 6.54. The van der Waals surface area contributed by atoms with Crippen LogP contribution in [0, 0.1) is 0 Å². The Balaban J connectivity index is 1.77. The fourth-order valence-electron chi connectivity index (χ4n) is 3.00. The van der Waals surface area contributed by atoms with Crippen LogP contribution in [0.4, 0.5) is 5.82 Å². The van der Waals surface area contributed by atoms with Gasteiger partial charge in [-0.05, 0) is 24.7 Å². The molecule has 2 aromatic rings. The number of anilines is 1. The lowest BCUT2D eigenvalue weighted by Crippen LogP contribution is -2.43. The number of hydrogen-bond donors (Lipinski definition) is 1. The van der Waals surface area contributed by atoms with Gasteiger partial charge in [0.05, 0.1) is 6.54 Å². The molecule has 0 radical (unpaired) electrons. The minimum absolute atomic E-state index is 0.0217. The quantitative estimate of drug-likeness (QED) is 0.719. The molecule has 0 fully saturated rings. The van der Waals surface area contributed by atoms with Crippen molar-refractivity contribution in [2.24, 2.45) is 14.1 Å². The summed E-state index contributed by atoms with van der Waals surface area (Å²) in [7, 11) is 4.50. The number of carbonyl (C=O) groups excluding carboxylic acids is 1. The van der Waals surface area contributed by atoms with Crippen molar-refractivity contribution < 1.29 is 14.3 Å². The van der Waals surface area contributed by atoms with Crippen LogP contribution in [-0.4, -0.2) is 46.6 Å². The molecule has 1 aromatic carbocycles. The van der Waals surface area contributed by atoms with Crippen molar-refractivity contribution in [1.29, 1.82) is 0 Å². The van der Waals surface area contributed by atoms with E-state index in [1.54, 1.807) is 11.9 Å². The molecule has 2 N–H and O–H groups in total. The Morgan fingerprint density at radius 1 is 1.15 bits per heavy atom. The van der Waals surface area contributed by atoms with Gasteiger partial charge < -0.3 is 15.2 Å². The van der Waals surface area contributed by atoms with Crippen LogP contribution in [0.5, 0.6) is 11.5 Å². The minimum Gasteiger partial charge on any atom is -0.486 e. The van der Waals surface area contributed by atoms with Crippen molar-refractivity contribution in [1.82, 2.24) is 14.0 Å². The monoisotopic (exact) mass is 374 g/mol. The number of Topliss-reactive ketones (excluding diaryl/α,β-unsaturated/α-hetero) is 1. The van der Waals surface area contributed by atoms with Crippen molar-refractivity contribution in [2.45, 2.75) is 6.54 Å². The van der Waals surface area contributed by atoms with E-state index in [0.717, 1.165) is 14.7 Å². The number of hydrogen-bond acceptors (Lipinski definition) is 7. The lowest BCUT2D eigenvalue weighted by atomic mass is 10.1. The zero-order valence-electron chi connectivity index (χ0n) is 15.5. The molecule has 0 spiro atoms. The maximum Gasteiger partial charge on any atom is 0.332 e. The van der Waals surface area contributed by atoms with Gasteiger partial charge in [-0.3, -0.25) is 23.6 Å². The third kappa shape index (κ3) is 3.59. The third-order valence-electron chi connectivity index (χ3n) is 4.46. The van der Waals surface area contributed by atoms with E-state index < -0.39 is 17.0 Å². The summed E-state index contributed by atoms with van der Waals surface area (Å²) in [5, 5.41) is 0. The number of benzene rings is 1. The van der Waals surface area contributed by atoms with Crippen LogP contribution >= 0.6 is 0 Å². The minimum atomic E-state index is -0.687. The molecule has 27 heavy (non-hydrogen) atoms. The summed E-state index contributed by atoms with van der Waals surface area (Å²) in [6.07, 6.45) is 0. The second-order valence-corrected chi connectivity index (χ2v) is 6.54. The number of nitrogen functional groups attached to an aromatic ring is 1. The Kier molecular flexibility index (Phi) is 5.04. The predicted octanol–water partition coefficient (Wildman–Crippen LogP) is -0.248. The van der Waals surface area contributed by atoms with Crippen molar-refractivity contribution in [2.75, 3.05) is 32.5 Å². The van der Waals surface area contributed by atoms with Crippen LogP contribution in [-0.2, 0) is 20.6 Å². The maximum absolute atomic E-state index is 12.6. The van der Waals surface area contributed by atoms with Gasteiger partial charge in [0.1, 0.15) is 24.6 Å². The molecule has 144 valence electrons. The first-order valence-electron chi connectivity index (χ1n) is 8.45. The van der Waals surface area contributed by atoms with Gasteiger partial charge in [-0.25, -0.2) is 4.79 Å². The van der Waals surface area contributed by atoms with Gasteiger partial charge in [0.15, 0.2) is 17.3 Å². The molecule has 1 aliphatic heterocycles. The molecule has 9 nitrogen and oxygen atoms in total. The first-order valence-corrected chi connectivity index (χ1v) is 8.45. The van der Waals surface area contributed by atoms with Crippen LogP contribution in [0.2, 0.25) is 0 Å². The molecule has 1 aliphatic rings. The molecule has 0 amide bonds. The van der Waals surface area contributed by atoms with Crippen molar-refractivity contribution in [3.63, 3.8) is 0 Å². The van der Waals surface area contributed by atoms with Gasteiger partial charge >= 0.3 is 5.69 Å². The Morgan fingerprint density at radius 3 is 2.52 bits per heavy atom. The fraction of sp³-hybridized carbons (Fsp3) is 0.389. The molecular formula is C18H22N4O5. The van der Waals surface area contributed by atoms with Gasteiger partial charge in [-0.1, -0.05) is 6.07 Å². The van der Waals surface area contributed by atoms with Crippen LogP contribution in [0.25, 0.3) is 0 Å². The Bertz CT molecular complexity index is 1010. The highest BCUT2D eigenvalue weighted by Crippen LogP contribution is 2.31. The lowest BCUT2D eigenvalue weighted by Gasteiger charge is -2.21. The van der Waals surface area contributed by atoms with Crippen LogP contribution in [0.3, 0.4) is 0 Å². The first-order chi connectivity index (χ1) is 12.8. The van der Waals surface area contributed by atoms with Crippen LogP contribution in [0.1, 0.15) is 15.9 Å². The Morgan fingerprint density at radius 2 is 1.81 bits per heavy atom. The van der Waals surface area contributed by atoms with Gasteiger partial charge in [0, 0.05) is 20.6 Å². The number of fused-ring (bicyclic) bond motifs is 1. The normalized spacial score (nSPS) is 13.0. The summed E-state index contributed by atoms with van der Waals surface area (Å²) in [6.45, 7) is 1.47. The van der Waals surface area contributed by atoms with E-state index in [2.05, 4.69) is 0 Å². The molecule has 0 saturated carbocycles.